The Labute approximate surface area is 138 Å². The van der Waals surface area contributed by atoms with Crippen LogP contribution in [0.4, 0.5) is 0 Å². The van der Waals surface area contributed by atoms with E-state index in [4.69, 9.17) is 0 Å². The zero-order valence-corrected chi connectivity index (χ0v) is 18.8. The van der Waals surface area contributed by atoms with E-state index in [9.17, 15) is 0 Å². The van der Waals surface area contributed by atoms with Crippen molar-refractivity contribution in [3.8, 4) is 0 Å². The first-order chi connectivity index (χ1) is 7.83. The Morgan fingerprint density at radius 3 is 0.737 bits per heavy atom. The Morgan fingerprint density at radius 1 is 0.526 bits per heavy atom. The first-order valence-electron chi connectivity index (χ1n) is 7.41. The van der Waals surface area contributed by atoms with Crippen LogP contribution in [0, 0.1) is 0 Å². The fourth-order valence-electron chi connectivity index (χ4n) is 3.33. The van der Waals surface area contributed by atoms with Crippen molar-refractivity contribution in [1.29, 1.82) is 0 Å². The standard InChI is InChI=1S/2C6H17NSi2.Li.H/c2*1-8(2)5-6-9(3,4)7-8;;/h2*7H,5-6H2,1-4H3;;/q;;+1;-1. The van der Waals surface area contributed by atoms with E-state index in [1.807, 2.05) is 0 Å². The van der Waals surface area contributed by atoms with Gasteiger partial charge < -0.3 is 10.7 Å². The van der Waals surface area contributed by atoms with Crippen molar-refractivity contribution < 1.29 is 20.3 Å². The zero-order chi connectivity index (χ0) is 14.2. The molecule has 0 aromatic heterocycles. The van der Waals surface area contributed by atoms with Crippen molar-refractivity contribution in [2.24, 2.45) is 0 Å². The summed E-state index contributed by atoms with van der Waals surface area (Å²) in [5.41, 5.74) is 0. The molecule has 0 unspecified atom stereocenters. The predicted molar refractivity (Wildman–Crippen MR) is 96.5 cm³/mol. The van der Waals surface area contributed by atoms with E-state index in [1.54, 1.807) is 0 Å². The smallest absolute Gasteiger partial charge is 1.00 e. The maximum atomic E-state index is 3.85. The number of hydrogen-bond acceptors (Lipinski definition) is 2. The molecule has 2 N–H and O–H groups in total. The molecule has 0 spiro atoms. The van der Waals surface area contributed by atoms with Crippen molar-refractivity contribution >= 4 is 32.9 Å². The minimum absolute atomic E-state index is 0. The van der Waals surface area contributed by atoms with Crippen LogP contribution in [0.3, 0.4) is 0 Å². The quantitative estimate of drug-likeness (QED) is 0.652. The SMILES string of the molecule is C[Si]1(C)CC[Si](C)(C)N1.C[Si]1(C)CC[Si](C)(C)N1.[H-].[Li+]. The van der Waals surface area contributed by atoms with E-state index in [2.05, 4.69) is 61.7 Å². The summed E-state index contributed by atoms with van der Waals surface area (Å²) in [7, 11) is -3.46. The summed E-state index contributed by atoms with van der Waals surface area (Å²) in [6.07, 6.45) is 0. The van der Waals surface area contributed by atoms with E-state index < -0.39 is 32.9 Å². The average molecular weight is 327 g/mol. The van der Waals surface area contributed by atoms with Crippen LogP contribution in [0.25, 0.3) is 0 Å². The number of rotatable bonds is 0. The van der Waals surface area contributed by atoms with Gasteiger partial charge >= 0.3 is 18.9 Å². The van der Waals surface area contributed by atoms with Crippen molar-refractivity contribution in [1.82, 2.24) is 9.30 Å². The molecule has 2 saturated heterocycles. The Hall–Kier alpha value is 1.38. The van der Waals surface area contributed by atoms with Crippen LogP contribution >= 0.6 is 0 Å². The van der Waals surface area contributed by atoms with Gasteiger partial charge in [-0.25, -0.2) is 0 Å². The van der Waals surface area contributed by atoms with E-state index >= 15 is 0 Å². The van der Waals surface area contributed by atoms with Crippen LogP contribution in [-0.2, 0) is 0 Å². The molecule has 0 saturated carbocycles. The van der Waals surface area contributed by atoms with Gasteiger partial charge in [0.1, 0.15) is 32.9 Å². The second kappa shape index (κ2) is 6.65. The monoisotopic (exact) mass is 326 g/mol. The van der Waals surface area contributed by atoms with Crippen LogP contribution in [-0.4, -0.2) is 32.9 Å². The van der Waals surface area contributed by atoms with Gasteiger partial charge in [0, 0.05) is 0 Å². The third kappa shape index (κ3) is 7.81. The topological polar surface area (TPSA) is 24.1 Å². The van der Waals surface area contributed by atoms with Gasteiger partial charge in [-0.2, -0.15) is 0 Å². The summed E-state index contributed by atoms with van der Waals surface area (Å²) in [5, 5.41) is 0. The molecule has 0 radical (unpaired) electrons. The molecule has 0 amide bonds. The van der Waals surface area contributed by atoms with Crippen LogP contribution in [0.2, 0.25) is 76.6 Å². The number of hydrogen-bond donors (Lipinski definition) is 2. The molecule has 0 bridgehead atoms. The molecule has 2 fully saturated rings. The molecule has 110 valence electrons. The van der Waals surface area contributed by atoms with E-state index in [1.165, 1.54) is 24.2 Å². The summed E-state index contributed by atoms with van der Waals surface area (Å²) < 4.78 is 7.69. The van der Waals surface area contributed by atoms with Gasteiger partial charge in [-0.15, -0.1) is 0 Å². The second-order valence-corrected chi connectivity index (χ2v) is 27.9. The Balaban J connectivity index is 0. The first-order valence-corrected chi connectivity index (χ1v) is 20.2. The first kappa shape index (κ1) is 20.4. The third-order valence-electron chi connectivity index (χ3n) is 4.10. The van der Waals surface area contributed by atoms with Gasteiger partial charge in [-0.3, -0.25) is 0 Å². The van der Waals surface area contributed by atoms with Crippen LogP contribution in [0.15, 0.2) is 0 Å². The van der Waals surface area contributed by atoms with Crippen molar-refractivity contribution in [2.45, 2.75) is 76.6 Å². The minimum Gasteiger partial charge on any atom is -1.00 e. The predicted octanol–water partition coefficient (Wildman–Crippen LogP) is 1.12. The van der Waals surface area contributed by atoms with Gasteiger partial charge in [0.15, 0.2) is 0 Å². The van der Waals surface area contributed by atoms with Gasteiger partial charge in [-0.1, -0.05) is 52.4 Å². The summed E-state index contributed by atoms with van der Waals surface area (Å²) in [6.45, 7) is 19.5. The molecule has 2 rings (SSSR count). The fraction of sp³-hybridized carbons (Fsp3) is 1.00. The summed E-state index contributed by atoms with van der Waals surface area (Å²) in [6, 6.07) is 6.02. The van der Waals surface area contributed by atoms with Gasteiger partial charge in [0.2, 0.25) is 0 Å². The average Bonchev–Trinajstić information content (AvgIpc) is 2.48. The van der Waals surface area contributed by atoms with Gasteiger partial charge in [0.25, 0.3) is 0 Å². The number of nitrogens with one attached hydrogen (secondary N) is 2. The summed E-state index contributed by atoms with van der Waals surface area (Å²) >= 11 is 0. The zero-order valence-electron chi connectivity index (χ0n) is 15.8. The van der Waals surface area contributed by atoms with E-state index in [0.717, 1.165) is 0 Å². The molecule has 0 aliphatic carbocycles. The van der Waals surface area contributed by atoms with Gasteiger partial charge in [-0.05, 0) is 24.2 Å². The molecule has 0 aromatic carbocycles. The maximum Gasteiger partial charge on any atom is 1.00 e. The maximum absolute atomic E-state index is 3.85. The van der Waals surface area contributed by atoms with Crippen molar-refractivity contribution in [3.05, 3.63) is 0 Å². The summed E-state index contributed by atoms with van der Waals surface area (Å²) in [4.78, 5) is 0. The molecule has 2 heterocycles. The van der Waals surface area contributed by atoms with Crippen LogP contribution in [0.5, 0.6) is 0 Å². The molecule has 2 nitrogen and oxygen atoms in total. The van der Waals surface area contributed by atoms with Gasteiger partial charge in [0.05, 0.1) is 0 Å². The largest absolute Gasteiger partial charge is 1.00 e. The molecule has 2 aliphatic heterocycles. The second-order valence-electron chi connectivity index (χ2n) is 8.79. The van der Waals surface area contributed by atoms with Crippen molar-refractivity contribution in [3.63, 3.8) is 0 Å². The fourth-order valence-corrected chi connectivity index (χ4v) is 30.0. The Kier molecular flexibility index (Phi) is 7.14. The van der Waals surface area contributed by atoms with Crippen LogP contribution in [0.1, 0.15) is 1.43 Å². The molecule has 7 heteroatoms. The van der Waals surface area contributed by atoms with Crippen molar-refractivity contribution in [2.75, 3.05) is 0 Å². The molecule has 19 heavy (non-hydrogen) atoms. The molecule has 2 aliphatic rings. The molecular formula is C12H35LiN2Si4. The Morgan fingerprint density at radius 2 is 0.684 bits per heavy atom. The minimum atomic E-state index is -0.864. The van der Waals surface area contributed by atoms with Crippen LogP contribution < -0.4 is 28.2 Å². The summed E-state index contributed by atoms with van der Waals surface area (Å²) in [5.74, 6) is 0. The van der Waals surface area contributed by atoms with E-state index in [-0.39, 0.29) is 20.3 Å². The molecular weight excluding hydrogens is 291 g/mol. The Bertz CT molecular complexity index is 254. The third-order valence-corrected chi connectivity index (χ3v) is 21.9. The molecule has 0 atom stereocenters. The van der Waals surface area contributed by atoms with E-state index in [0.29, 0.717) is 0 Å². The normalized spacial score (nSPS) is 29.1. The molecule has 0 aromatic rings.